The highest BCUT2D eigenvalue weighted by atomic mass is 16.5. The van der Waals surface area contributed by atoms with Crippen molar-refractivity contribution in [2.75, 3.05) is 19.6 Å². The van der Waals surface area contributed by atoms with Crippen LogP contribution < -0.4 is 5.32 Å². The summed E-state index contributed by atoms with van der Waals surface area (Å²) in [5.74, 6) is 0.623. The van der Waals surface area contributed by atoms with Gasteiger partial charge in [0.15, 0.2) is 0 Å². The van der Waals surface area contributed by atoms with E-state index in [-0.39, 0.29) is 5.91 Å². The van der Waals surface area contributed by atoms with Gasteiger partial charge in [-0.1, -0.05) is 44.2 Å². The second-order valence-electron chi connectivity index (χ2n) is 7.21. The van der Waals surface area contributed by atoms with Crippen LogP contribution in [0.3, 0.4) is 0 Å². The van der Waals surface area contributed by atoms with Crippen LogP contribution in [0.25, 0.3) is 0 Å². The molecule has 0 unspecified atom stereocenters. The van der Waals surface area contributed by atoms with Gasteiger partial charge in [-0.25, -0.2) is 0 Å². The van der Waals surface area contributed by atoms with Crippen LogP contribution in [0.15, 0.2) is 30.3 Å². The smallest absolute Gasteiger partial charge is 0.248 e. The topological polar surface area (TPSA) is 41.6 Å². The molecule has 134 valence electrons. The molecule has 1 aliphatic heterocycles. The van der Waals surface area contributed by atoms with Gasteiger partial charge in [-0.05, 0) is 50.8 Å². The highest BCUT2D eigenvalue weighted by Crippen LogP contribution is 2.17. The first-order valence-electron chi connectivity index (χ1n) is 9.23. The molecule has 0 bridgehead atoms. The van der Waals surface area contributed by atoms with Crippen LogP contribution >= 0.6 is 0 Å². The Kier molecular flexibility index (Phi) is 7.73. The minimum atomic E-state index is -0.427. The molecule has 24 heavy (non-hydrogen) atoms. The zero-order valence-electron chi connectivity index (χ0n) is 15.3. The summed E-state index contributed by atoms with van der Waals surface area (Å²) in [7, 11) is 0. The van der Waals surface area contributed by atoms with E-state index in [2.05, 4.69) is 24.1 Å². The van der Waals surface area contributed by atoms with E-state index >= 15 is 0 Å². The van der Waals surface area contributed by atoms with E-state index in [0.29, 0.717) is 18.6 Å². The molecule has 1 fully saturated rings. The van der Waals surface area contributed by atoms with Crippen LogP contribution in [0, 0.1) is 5.92 Å². The number of benzene rings is 1. The molecule has 0 radical (unpaired) electrons. The number of carbonyl (C=O) groups is 1. The van der Waals surface area contributed by atoms with Gasteiger partial charge in [0.1, 0.15) is 6.10 Å². The van der Waals surface area contributed by atoms with Gasteiger partial charge in [-0.15, -0.1) is 0 Å². The van der Waals surface area contributed by atoms with Gasteiger partial charge in [-0.3, -0.25) is 9.69 Å². The molecule has 1 N–H and O–H groups in total. The third-order valence-corrected chi connectivity index (χ3v) is 4.62. The van der Waals surface area contributed by atoms with Gasteiger partial charge < -0.3 is 10.1 Å². The normalized spacial score (nSPS) is 17.8. The van der Waals surface area contributed by atoms with Crippen LogP contribution in [0.2, 0.25) is 0 Å². The molecule has 1 aromatic rings. The summed E-state index contributed by atoms with van der Waals surface area (Å²) >= 11 is 0. The predicted molar refractivity (Wildman–Crippen MR) is 97.8 cm³/mol. The highest BCUT2D eigenvalue weighted by molar-refractivity contribution is 5.80. The Bertz CT molecular complexity index is 484. The molecule has 0 saturated carbocycles. The van der Waals surface area contributed by atoms with Crippen molar-refractivity contribution in [3.8, 4) is 0 Å². The number of hydrogen-bond donors (Lipinski definition) is 1. The minimum Gasteiger partial charge on any atom is -0.364 e. The third-order valence-electron chi connectivity index (χ3n) is 4.62. The molecule has 1 amide bonds. The Morgan fingerprint density at radius 1 is 1.17 bits per heavy atom. The lowest BCUT2D eigenvalue weighted by molar-refractivity contribution is -0.132. The molecule has 1 saturated heterocycles. The summed E-state index contributed by atoms with van der Waals surface area (Å²) in [6, 6.07) is 10.4. The Morgan fingerprint density at radius 3 is 2.46 bits per heavy atom. The Morgan fingerprint density at radius 2 is 1.83 bits per heavy atom. The maximum atomic E-state index is 12.3. The average molecular weight is 332 g/mol. The summed E-state index contributed by atoms with van der Waals surface area (Å²) in [5, 5.41) is 3.10. The van der Waals surface area contributed by atoms with Gasteiger partial charge in [0.2, 0.25) is 5.91 Å². The van der Waals surface area contributed by atoms with Gasteiger partial charge >= 0.3 is 0 Å². The maximum Gasteiger partial charge on any atom is 0.248 e. The van der Waals surface area contributed by atoms with Gasteiger partial charge in [-0.2, -0.15) is 0 Å². The Balaban J connectivity index is 1.76. The van der Waals surface area contributed by atoms with Crippen molar-refractivity contribution in [3.63, 3.8) is 0 Å². The average Bonchev–Trinajstić information content (AvgIpc) is 3.11. The lowest BCUT2D eigenvalue weighted by Gasteiger charge is -2.29. The molecule has 4 nitrogen and oxygen atoms in total. The molecule has 1 aromatic carbocycles. The Hall–Kier alpha value is -1.39. The van der Waals surface area contributed by atoms with Crippen molar-refractivity contribution >= 4 is 5.91 Å². The second-order valence-corrected chi connectivity index (χ2v) is 7.21. The first-order valence-corrected chi connectivity index (χ1v) is 9.23. The molecule has 2 rings (SSSR count). The van der Waals surface area contributed by atoms with E-state index in [4.69, 9.17) is 4.74 Å². The first-order chi connectivity index (χ1) is 11.6. The van der Waals surface area contributed by atoms with E-state index in [1.807, 2.05) is 37.3 Å². The van der Waals surface area contributed by atoms with E-state index in [1.165, 1.54) is 12.8 Å². The number of likely N-dealkylation sites (tertiary alicyclic amines) is 1. The summed E-state index contributed by atoms with van der Waals surface area (Å²) in [6.45, 7) is 9.83. The van der Waals surface area contributed by atoms with E-state index in [1.54, 1.807) is 0 Å². The number of nitrogens with zero attached hydrogens (tertiary/aromatic N) is 1. The molecule has 1 aliphatic rings. The van der Waals surface area contributed by atoms with Gasteiger partial charge in [0, 0.05) is 12.6 Å². The Labute approximate surface area is 146 Å². The first kappa shape index (κ1) is 18.9. The SMILES string of the molecule is CC(C)C[C@@H](CNC(=O)[C@H](C)OCc1ccccc1)N1CCCC1. The highest BCUT2D eigenvalue weighted by Gasteiger charge is 2.24. The molecule has 0 spiro atoms. The monoisotopic (exact) mass is 332 g/mol. The molecule has 2 atom stereocenters. The van der Waals surface area contributed by atoms with Crippen molar-refractivity contribution in [2.24, 2.45) is 5.92 Å². The number of hydrogen-bond acceptors (Lipinski definition) is 3. The molecule has 1 heterocycles. The van der Waals surface area contributed by atoms with Crippen molar-refractivity contribution < 1.29 is 9.53 Å². The quantitative estimate of drug-likeness (QED) is 0.755. The minimum absolute atomic E-state index is 0.0149. The molecular formula is C20H32N2O2. The van der Waals surface area contributed by atoms with Crippen molar-refractivity contribution in [1.29, 1.82) is 0 Å². The fourth-order valence-electron chi connectivity index (χ4n) is 3.25. The standard InChI is InChI=1S/C20H32N2O2/c1-16(2)13-19(22-11-7-8-12-22)14-21-20(23)17(3)24-15-18-9-5-4-6-10-18/h4-6,9-10,16-17,19H,7-8,11-15H2,1-3H3,(H,21,23)/t17-,19-/m0/s1. The summed E-state index contributed by atoms with van der Waals surface area (Å²) in [5.41, 5.74) is 1.09. The number of nitrogens with one attached hydrogen (secondary N) is 1. The summed E-state index contributed by atoms with van der Waals surface area (Å²) in [4.78, 5) is 14.8. The number of amides is 1. The fraction of sp³-hybridized carbons (Fsp3) is 0.650. The van der Waals surface area contributed by atoms with E-state index in [0.717, 1.165) is 31.6 Å². The van der Waals surface area contributed by atoms with E-state index < -0.39 is 6.10 Å². The van der Waals surface area contributed by atoms with Crippen LogP contribution in [0.5, 0.6) is 0 Å². The fourth-order valence-corrected chi connectivity index (χ4v) is 3.25. The van der Waals surface area contributed by atoms with Gasteiger partial charge in [0.05, 0.1) is 6.61 Å². The van der Waals surface area contributed by atoms with Gasteiger partial charge in [0.25, 0.3) is 0 Å². The van der Waals surface area contributed by atoms with Crippen LogP contribution in [0.1, 0.15) is 45.6 Å². The van der Waals surface area contributed by atoms with Crippen LogP contribution in [-0.2, 0) is 16.1 Å². The number of rotatable bonds is 9. The van der Waals surface area contributed by atoms with Crippen LogP contribution in [-0.4, -0.2) is 42.6 Å². The third kappa shape index (κ3) is 6.25. The van der Waals surface area contributed by atoms with Crippen molar-refractivity contribution in [3.05, 3.63) is 35.9 Å². The summed E-state index contributed by atoms with van der Waals surface area (Å²) < 4.78 is 5.70. The molecule has 0 aliphatic carbocycles. The largest absolute Gasteiger partial charge is 0.364 e. The molecular weight excluding hydrogens is 300 g/mol. The maximum absolute atomic E-state index is 12.3. The zero-order valence-corrected chi connectivity index (χ0v) is 15.3. The zero-order chi connectivity index (χ0) is 17.4. The molecule has 4 heteroatoms. The lowest BCUT2D eigenvalue weighted by Crippen LogP contribution is -2.45. The lowest BCUT2D eigenvalue weighted by atomic mass is 10.0. The molecule has 0 aromatic heterocycles. The number of carbonyl (C=O) groups excluding carboxylic acids is 1. The second kappa shape index (κ2) is 9.80. The van der Waals surface area contributed by atoms with Crippen molar-refractivity contribution in [2.45, 2.75) is 58.8 Å². The van der Waals surface area contributed by atoms with Crippen molar-refractivity contribution in [1.82, 2.24) is 10.2 Å². The van der Waals surface area contributed by atoms with E-state index in [9.17, 15) is 4.79 Å². The van der Waals surface area contributed by atoms with Crippen LogP contribution in [0.4, 0.5) is 0 Å². The number of ether oxygens (including phenoxy) is 1. The summed E-state index contributed by atoms with van der Waals surface area (Å²) in [6.07, 6.45) is 3.25. The predicted octanol–water partition coefficient (Wildman–Crippen LogP) is 3.22.